The van der Waals surface area contributed by atoms with Crippen LogP contribution in [0.1, 0.15) is 23.2 Å². The van der Waals surface area contributed by atoms with Crippen molar-refractivity contribution < 1.29 is 19.0 Å². The van der Waals surface area contributed by atoms with Gasteiger partial charge in [-0.15, -0.1) is 0 Å². The van der Waals surface area contributed by atoms with Crippen LogP contribution in [0.2, 0.25) is 0 Å². The van der Waals surface area contributed by atoms with Gasteiger partial charge in [0.05, 0.1) is 25.3 Å². The number of nitrogens with one attached hydrogen (secondary N) is 1. The number of hydrogen-bond acceptors (Lipinski definition) is 5. The fourth-order valence-corrected chi connectivity index (χ4v) is 3.40. The van der Waals surface area contributed by atoms with Crippen LogP contribution in [0.25, 0.3) is 0 Å². The van der Waals surface area contributed by atoms with E-state index < -0.39 is 0 Å². The first-order valence-corrected chi connectivity index (χ1v) is 7.83. The summed E-state index contributed by atoms with van der Waals surface area (Å²) >= 11 is 0. The van der Waals surface area contributed by atoms with Crippen LogP contribution in [0.5, 0.6) is 11.5 Å². The molecule has 1 aromatic rings. The number of likely N-dealkylation sites (tertiary alicyclic amines) is 1. The zero-order valence-electron chi connectivity index (χ0n) is 12.4. The van der Waals surface area contributed by atoms with Crippen LogP contribution in [0, 0.1) is 0 Å². The number of carbonyl (C=O) groups is 1. The van der Waals surface area contributed by atoms with E-state index in [1.54, 1.807) is 18.2 Å². The first-order valence-electron chi connectivity index (χ1n) is 7.83. The average molecular weight is 304 g/mol. The highest BCUT2D eigenvalue weighted by Gasteiger charge is 2.35. The second-order valence-corrected chi connectivity index (χ2v) is 6.00. The Kier molecular flexibility index (Phi) is 3.63. The molecule has 0 radical (unpaired) electrons. The molecule has 1 aromatic carbocycles. The van der Waals surface area contributed by atoms with Crippen molar-refractivity contribution >= 4 is 5.91 Å². The number of nitrogens with zero attached hydrogens (tertiary/aromatic N) is 1. The Balaban J connectivity index is 1.44. The van der Waals surface area contributed by atoms with Crippen LogP contribution < -0.4 is 14.8 Å². The summed E-state index contributed by atoms with van der Waals surface area (Å²) in [5, 5.41) is 3.11. The maximum atomic E-state index is 12.5. The third-order valence-corrected chi connectivity index (χ3v) is 4.61. The number of amides is 1. The van der Waals surface area contributed by atoms with Crippen LogP contribution in [0.4, 0.5) is 0 Å². The first kappa shape index (κ1) is 13.8. The predicted molar refractivity (Wildman–Crippen MR) is 79.2 cm³/mol. The molecule has 6 nitrogen and oxygen atoms in total. The fourth-order valence-electron chi connectivity index (χ4n) is 3.40. The zero-order valence-corrected chi connectivity index (χ0v) is 12.4. The molecule has 0 saturated carbocycles. The van der Waals surface area contributed by atoms with Gasteiger partial charge in [0.1, 0.15) is 0 Å². The summed E-state index contributed by atoms with van der Waals surface area (Å²) in [6.45, 7) is 3.70. The molecule has 2 fully saturated rings. The molecule has 22 heavy (non-hydrogen) atoms. The fraction of sp³-hybridized carbons (Fsp3) is 0.562. The zero-order chi connectivity index (χ0) is 14.9. The Morgan fingerprint density at radius 2 is 1.95 bits per heavy atom. The summed E-state index contributed by atoms with van der Waals surface area (Å²) in [6, 6.07) is 5.62. The van der Waals surface area contributed by atoms with Crippen molar-refractivity contribution in [3.05, 3.63) is 23.8 Å². The number of fused-ring (bicyclic) bond motifs is 1. The predicted octanol–water partition coefficient (Wildman–Crippen LogP) is 1.01. The Morgan fingerprint density at radius 1 is 1.14 bits per heavy atom. The van der Waals surface area contributed by atoms with Crippen LogP contribution in [-0.4, -0.2) is 56.0 Å². The standard InChI is InChI=1S/C16H20N2O4/c19-16(11-3-4-14-15(7-11)22-10-21-14)17-12-8-20-9-13(12)18-5-1-2-6-18/h3-4,7,12-13H,1-2,5-6,8-10H2,(H,17,19)/t12-,13-/m0/s1. The van der Waals surface area contributed by atoms with Gasteiger partial charge in [-0.25, -0.2) is 0 Å². The number of hydrogen-bond donors (Lipinski definition) is 1. The molecule has 2 saturated heterocycles. The van der Waals surface area contributed by atoms with Crippen molar-refractivity contribution in [2.24, 2.45) is 0 Å². The third-order valence-electron chi connectivity index (χ3n) is 4.61. The Hall–Kier alpha value is -1.79. The molecule has 2 atom stereocenters. The molecule has 1 N–H and O–H groups in total. The van der Waals surface area contributed by atoms with Gasteiger partial charge >= 0.3 is 0 Å². The summed E-state index contributed by atoms with van der Waals surface area (Å²) in [4.78, 5) is 14.9. The molecule has 0 aliphatic carbocycles. The minimum atomic E-state index is -0.0852. The molecular formula is C16H20N2O4. The Bertz CT molecular complexity index is 571. The van der Waals surface area contributed by atoms with Crippen molar-refractivity contribution in [1.82, 2.24) is 10.2 Å². The average Bonchev–Trinajstić information content (AvgIpc) is 3.27. The SMILES string of the molecule is O=C(N[C@H]1COC[C@@H]1N1CCCC1)c1ccc2c(c1)OCO2. The van der Waals surface area contributed by atoms with E-state index in [1.807, 2.05) is 0 Å². The summed E-state index contributed by atoms with van der Waals surface area (Å²) in [7, 11) is 0. The van der Waals surface area contributed by atoms with Crippen molar-refractivity contribution in [2.45, 2.75) is 24.9 Å². The summed E-state index contributed by atoms with van der Waals surface area (Å²) in [5.41, 5.74) is 0.594. The van der Waals surface area contributed by atoms with Gasteiger partial charge < -0.3 is 19.5 Å². The lowest BCUT2D eigenvalue weighted by Gasteiger charge is -2.27. The molecule has 118 valence electrons. The molecule has 3 aliphatic rings. The lowest BCUT2D eigenvalue weighted by molar-refractivity contribution is 0.0916. The molecule has 6 heteroatoms. The van der Waals surface area contributed by atoms with E-state index in [0.717, 1.165) is 13.1 Å². The van der Waals surface area contributed by atoms with E-state index in [0.29, 0.717) is 36.3 Å². The third kappa shape index (κ3) is 2.53. The normalized spacial score (nSPS) is 27.3. The molecule has 1 amide bonds. The van der Waals surface area contributed by atoms with Gasteiger partial charge in [0.2, 0.25) is 6.79 Å². The topological polar surface area (TPSA) is 60.0 Å². The van der Waals surface area contributed by atoms with E-state index >= 15 is 0 Å². The molecule has 0 bridgehead atoms. The van der Waals surface area contributed by atoms with Crippen LogP contribution in [0.3, 0.4) is 0 Å². The van der Waals surface area contributed by atoms with Crippen molar-refractivity contribution in [3.63, 3.8) is 0 Å². The van der Waals surface area contributed by atoms with Gasteiger partial charge in [0.25, 0.3) is 5.91 Å². The maximum absolute atomic E-state index is 12.5. The molecule has 0 unspecified atom stereocenters. The van der Waals surface area contributed by atoms with Crippen LogP contribution in [0.15, 0.2) is 18.2 Å². The van der Waals surface area contributed by atoms with Gasteiger partial charge in [-0.3, -0.25) is 9.69 Å². The molecule has 3 heterocycles. The minimum absolute atomic E-state index is 0.0519. The first-order chi connectivity index (χ1) is 10.8. The Morgan fingerprint density at radius 3 is 2.82 bits per heavy atom. The van der Waals surface area contributed by atoms with Gasteiger partial charge in [0.15, 0.2) is 11.5 Å². The van der Waals surface area contributed by atoms with Gasteiger partial charge in [-0.1, -0.05) is 0 Å². The van der Waals surface area contributed by atoms with E-state index in [4.69, 9.17) is 14.2 Å². The van der Waals surface area contributed by atoms with Crippen molar-refractivity contribution in [2.75, 3.05) is 33.1 Å². The van der Waals surface area contributed by atoms with E-state index in [2.05, 4.69) is 10.2 Å². The highest BCUT2D eigenvalue weighted by Crippen LogP contribution is 2.32. The smallest absolute Gasteiger partial charge is 0.251 e. The second-order valence-electron chi connectivity index (χ2n) is 6.00. The second kappa shape index (κ2) is 5.78. The van der Waals surface area contributed by atoms with Crippen LogP contribution >= 0.6 is 0 Å². The van der Waals surface area contributed by atoms with E-state index in [1.165, 1.54) is 12.8 Å². The molecular weight excluding hydrogens is 284 g/mol. The van der Waals surface area contributed by atoms with Crippen LogP contribution in [-0.2, 0) is 4.74 Å². The monoisotopic (exact) mass is 304 g/mol. The highest BCUT2D eigenvalue weighted by molar-refractivity contribution is 5.95. The molecule has 0 spiro atoms. The summed E-state index contributed by atoms with van der Waals surface area (Å²) in [6.07, 6.45) is 2.47. The summed E-state index contributed by atoms with van der Waals surface area (Å²) < 4.78 is 16.2. The lowest BCUT2D eigenvalue weighted by atomic mass is 10.1. The van der Waals surface area contributed by atoms with E-state index in [-0.39, 0.29) is 18.7 Å². The van der Waals surface area contributed by atoms with Gasteiger partial charge in [-0.05, 0) is 44.1 Å². The van der Waals surface area contributed by atoms with Gasteiger partial charge in [0, 0.05) is 5.56 Å². The molecule has 4 rings (SSSR count). The number of carbonyl (C=O) groups excluding carboxylic acids is 1. The number of ether oxygens (including phenoxy) is 3. The lowest BCUT2D eigenvalue weighted by Crippen LogP contribution is -2.50. The largest absolute Gasteiger partial charge is 0.454 e. The van der Waals surface area contributed by atoms with Crippen molar-refractivity contribution in [1.29, 1.82) is 0 Å². The summed E-state index contributed by atoms with van der Waals surface area (Å²) in [5.74, 6) is 1.24. The highest BCUT2D eigenvalue weighted by atomic mass is 16.7. The Labute approximate surface area is 129 Å². The quantitative estimate of drug-likeness (QED) is 0.903. The maximum Gasteiger partial charge on any atom is 0.251 e. The number of benzene rings is 1. The number of rotatable bonds is 3. The molecule has 0 aromatic heterocycles. The van der Waals surface area contributed by atoms with Crippen molar-refractivity contribution in [3.8, 4) is 11.5 Å². The van der Waals surface area contributed by atoms with Gasteiger partial charge in [-0.2, -0.15) is 0 Å². The van der Waals surface area contributed by atoms with E-state index in [9.17, 15) is 4.79 Å². The molecule has 3 aliphatic heterocycles. The minimum Gasteiger partial charge on any atom is -0.454 e.